The third-order valence-electron chi connectivity index (χ3n) is 1.57. The van der Waals surface area contributed by atoms with Crippen molar-refractivity contribution in [1.29, 1.82) is 0 Å². The summed E-state index contributed by atoms with van der Waals surface area (Å²) in [6, 6.07) is 2.52. The molecule has 0 aliphatic rings. The van der Waals surface area contributed by atoms with E-state index in [4.69, 9.17) is 21.9 Å². The Kier molecular flexibility index (Phi) is 2.51. The van der Waals surface area contributed by atoms with Crippen molar-refractivity contribution in [3.63, 3.8) is 0 Å². The fourth-order valence-corrected chi connectivity index (χ4v) is 1.92. The smallest absolute Gasteiger partial charge is 0.294 e. The first-order valence-corrected chi connectivity index (χ1v) is 5.17. The lowest BCUT2D eigenvalue weighted by Crippen LogP contribution is -2.02. The maximum absolute atomic E-state index is 10.8. The molecular weight excluding hydrogens is 214 g/mol. The molecule has 0 aliphatic carbocycles. The van der Waals surface area contributed by atoms with E-state index in [1.54, 1.807) is 0 Å². The fourth-order valence-electron chi connectivity index (χ4n) is 0.963. The molecule has 72 valence electrons. The van der Waals surface area contributed by atoms with Gasteiger partial charge in [0.1, 0.15) is 0 Å². The van der Waals surface area contributed by atoms with Crippen LogP contribution in [-0.4, -0.2) is 13.0 Å². The van der Waals surface area contributed by atoms with Crippen LogP contribution in [-0.2, 0) is 10.1 Å². The fraction of sp³-hybridized carbons (Fsp3) is 0.143. The second-order valence-corrected chi connectivity index (χ2v) is 4.41. The van der Waals surface area contributed by atoms with Gasteiger partial charge in [0, 0.05) is 0 Å². The Labute approximate surface area is 81.1 Å². The van der Waals surface area contributed by atoms with Gasteiger partial charge in [0.2, 0.25) is 0 Å². The van der Waals surface area contributed by atoms with Gasteiger partial charge in [-0.15, -0.1) is 0 Å². The number of nitrogens with two attached hydrogens (primary N) is 1. The number of hydrogen-bond donors (Lipinski definition) is 2. The van der Waals surface area contributed by atoms with Gasteiger partial charge in [0.15, 0.2) is 0 Å². The van der Waals surface area contributed by atoms with Gasteiger partial charge in [-0.2, -0.15) is 8.42 Å². The van der Waals surface area contributed by atoms with E-state index in [9.17, 15) is 8.42 Å². The average molecular weight is 222 g/mol. The molecule has 1 rings (SSSR count). The largest absolute Gasteiger partial charge is 0.398 e. The van der Waals surface area contributed by atoms with Crippen LogP contribution in [0.5, 0.6) is 0 Å². The van der Waals surface area contributed by atoms with Crippen molar-refractivity contribution in [2.75, 3.05) is 5.73 Å². The lowest BCUT2D eigenvalue weighted by atomic mass is 10.2. The number of halogens is 1. The van der Waals surface area contributed by atoms with E-state index in [0.29, 0.717) is 5.56 Å². The standard InChI is InChI=1S/C7H8ClNO3S/c1-4-2-6(9)5(8)3-7(4)13(10,11)12/h2-3H,9H2,1H3,(H,10,11,12). The Balaban J connectivity index is 3.50. The molecule has 0 radical (unpaired) electrons. The van der Waals surface area contributed by atoms with E-state index < -0.39 is 10.1 Å². The highest BCUT2D eigenvalue weighted by Crippen LogP contribution is 2.25. The summed E-state index contributed by atoms with van der Waals surface area (Å²) in [6.07, 6.45) is 0. The minimum Gasteiger partial charge on any atom is -0.398 e. The molecule has 0 spiro atoms. The molecular formula is C7H8ClNO3S. The van der Waals surface area contributed by atoms with Crippen molar-refractivity contribution in [2.45, 2.75) is 11.8 Å². The third-order valence-corrected chi connectivity index (χ3v) is 2.90. The van der Waals surface area contributed by atoms with E-state index >= 15 is 0 Å². The highest BCUT2D eigenvalue weighted by atomic mass is 35.5. The molecule has 1 aromatic carbocycles. The summed E-state index contributed by atoms with van der Waals surface area (Å²) in [5.41, 5.74) is 6.07. The van der Waals surface area contributed by atoms with E-state index in [1.807, 2.05) is 0 Å². The Hall–Kier alpha value is -0.780. The van der Waals surface area contributed by atoms with Crippen LogP contribution in [0.4, 0.5) is 5.69 Å². The number of nitrogen functional groups attached to an aromatic ring is 1. The first kappa shape index (κ1) is 10.3. The molecule has 0 atom stereocenters. The van der Waals surface area contributed by atoms with Crippen molar-refractivity contribution in [3.8, 4) is 0 Å². The summed E-state index contributed by atoms with van der Waals surface area (Å²) >= 11 is 5.59. The normalized spacial score (nSPS) is 11.6. The zero-order chi connectivity index (χ0) is 10.2. The van der Waals surface area contributed by atoms with Gasteiger partial charge in [0.05, 0.1) is 15.6 Å². The lowest BCUT2D eigenvalue weighted by Gasteiger charge is -2.04. The zero-order valence-electron chi connectivity index (χ0n) is 6.78. The van der Waals surface area contributed by atoms with Crippen molar-refractivity contribution < 1.29 is 13.0 Å². The summed E-state index contributed by atoms with van der Waals surface area (Å²) in [5, 5.41) is 0.109. The van der Waals surface area contributed by atoms with Gasteiger partial charge < -0.3 is 5.73 Å². The maximum atomic E-state index is 10.8. The summed E-state index contributed by atoms with van der Waals surface area (Å²) in [4.78, 5) is -0.216. The molecule has 0 aromatic heterocycles. The third kappa shape index (κ3) is 2.12. The zero-order valence-corrected chi connectivity index (χ0v) is 8.35. The minimum absolute atomic E-state index is 0.109. The van der Waals surface area contributed by atoms with E-state index in [2.05, 4.69) is 0 Å². The Morgan fingerprint density at radius 1 is 1.46 bits per heavy atom. The predicted molar refractivity (Wildman–Crippen MR) is 50.4 cm³/mol. The minimum atomic E-state index is -4.21. The number of aryl methyl sites for hydroxylation is 1. The molecule has 0 saturated heterocycles. The molecule has 0 bridgehead atoms. The molecule has 0 amide bonds. The highest BCUT2D eigenvalue weighted by Gasteiger charge is 2.14. The molecule has 0 saturated carbocycles. The van der Waals surface area contributed by atoms with Gasteiger partial charge in [0.25, 0.3) is 10.1 Å². The van der Waals surface area contributed by atoms with Crippen LogP contribution in [0.15, 0.2) is 17.0 Å². The summed E-state index contributed by atoms with van der Waals surface area (Å²) < 4.78 is 30.3. The van der Waals surface area contributed by atoms with Crippen molar-refractivity contribution in [2.24, 2.45) is 0 Å². The van der Waals surface area contributed by atoms with Gasteiger partial charge in [-0.1, -0.05) is 11.6 Å². The monoisotopic (exact) mass is 221 g/mol. The van der Waals surface area contributed by atoms with Gasteiger partial charge in [-0.3, -0.25) is 4.55 Å². The molecule has 0 unspecified atom stereocenters. The number of anilines is 1. The topological polar surface area (TPSA) is 80.4 Å². The summed E-state index contributed by atoms with van der Waals surface area (Å²) in [7, 11) is -4.21. The molecule has 0 heterocycles. The Morgan fingerprint density at radius 3 is 2.46 bits per heavy atom. The van der Waals surface area contributed by atoms with Crippen molar-refractivity contribution >= 4 is 27.4 Å². The number of rotatable bonds is 1. The predicted octanol–water partition coefficient (Wildman–Crippen LogP) is 1.48. The summed E-state index contributed by atoms with van der Waals surface area (Å²) in [6.45, 7) is 1.52. The Morgan fingerprint density at radius 2 is 2.00 bits per heavy atom. The first-order chi connectivity index (χ1) is 5.82. The first-order valence-electron chi connectivity index (χ1n) is 3.35. The van der Waals surface area contributed by atoms with Crippen molar-refractivity contribution in [1.82, 2.24) is 0 Å². The molecule has 13 heavy (non-hydrogen) atoms. The molecule has 1 aromatic rings. The Bertz CT molecular complexity index is 441. The van der Waals surface area contributed by atoms with E-state index in [-0.39, 0.29) is 15.6 Å². The van der Waals surface area contributed by atoms with E-state index in [0.717, 1.165) is 6.07 Å². The number of hydrogen-bond acceptors (Lipinski definition) is 3. The van der Waals surface area contributed by atoms with Gasteiger partial charge in [-0.05, 0) is 24.6 Å². The average Bonchev–Trinajstić information content (AvgIpc) is 1.94. The summed E-state index contributed by atoms with van der Waals surface area (Å²) in [5.74, 6) is 0. The molecule has 3 N–H and O–H groups in total. The van der Waals surface area contributed by atoms with Crippen LogP contribution in [0, 0.1) is 6.92 Å². The van der Waals surface area contributed by atoms with E-state index in [1.165, 1.54) is 13.0 Å². The van der Waals surface area contributed by atoms with Crippen molar-refractivity contribution in [3.05, 3.63) is 22.7 Å². The van der Waals surface area contributed by atoms with Crippen LogP contribution in [0.25, 0.3) is 0 Å². The van der Waals surface area contributed by atoms with Crippen LogP contribution >= 0.6 is 11.6 Å². The highest BCUT2D eigenvalue weighted by molar-refractivity contribution is 7.85. The van der Waals surface area contributed by atoms with Gasteiger partial charge in [-0.25, -0.2) is 0 Å². The quantitative estimate of drug-likeness (QED) is 0.556. The van der Waals surface area contributed by atoms with Gasteiger partial charge >= 0.3 is 0 Å². The molecule has 0 aliphatic heterocycles. The SMILES string of the molecule is Cc1cc(N)c(Cl)cc1S(=O)(=O)O. The lowest BCUT2D eigenvalue weighted by molar-refractivity contribution is 0.482. The molecule has 4 nitrogen and oxygen atoms in total. The second-order valence-electron chi connectivity index (χ2n) is 2.61. The van der Waals surface area contributed by atoms with Crippen LogP contribution in [0.1, 0.15) is 5.56 Å². The molecule has 6 heteroatoms. The number of benzene rings is 1. The molecule has 0 fully saturated rings. The van der Waals surface area contributed by atoms with Crippen LogP contribution < -0.4 is 5.73 Å². The van der Waals surface area contributed by atoms with Crippen LogP contribution in [0.3, 0.4) is 0 Å². The maximum Gasteiger partial charge on any atom is 0.294 e. The van der Waals surface area contributed by atoms with Crippen LogP contribution in [0.2, 0.25) is 5.02 Å². The second kappa shape index (κ2) is 3.17.